The second kappa shape index (κ2) is 8.56. The molecule has 31 heavy (non-hydrogen) atoms. The van der Waals surface area contributed by atoms with Crippen LogP contribution in [0.1, 0.15) is 0 Å². The summed E-state index contributed by atoms with van der Waals surface area (Å²) in [6.45, 7) is 3.16. The van der Waals surface area contributed by atoms with Crippen LogP contribution in [-0.4, -0.2) is 53.3 Å². The summed E-state index contributed by atoms with van der Waals surface area (Å²) in [4.78, 5) is 20.4. The molecule has 8 heteroatoms. The van der Waals surface area contributed by atoms with Gasteiger partial charge < -0.3 is 14.4 Å². The van der Waals surface area contributed by atoms with Crippen molar-refractivity contribution < 1.29 is 9.47 Å². The van der Waals surface area contributed by atoms with Gasteiger partial charge in [-0.2, -0.15) is 0 Å². The molecular formula is C23H20BrN5O2. The third kappa shape index (κ3) is 3.96. The molecule has 0 unspecified atom stereocenters. The lowest BCUT2D eigenvalue weighted by molar-refractivity contribution is 0.122. The molecule has 0 saturated carbocycles. The van der Waals surface area contributed by atoms with Crippen LogP contribution < -0.4 is 9.64 Å². The Bertz CT molecular complexity index is 1230. The number of methoxy groups -OCH3 is 1. The molecule has 1 aliphatic heterocycles. The molecule has 0 aliphatic carbocycles. The monoisotopic (exact) mass is 477 g/mol. The summed E-state index contributed by atoms with van der Waals surface area (Å²) in [6.07, 6.45) is 3.34. The lowest BCUT2D eigenvalue weighted by Crippen LogP contribution is -2.36. The van der Waals surface area contributed by atoms with E-state index in [1.807, 2.05) is 30.5 Å². The van der Waals surface area contributed by atoms with Crippen LogP contribution in [0.2, 0.25) is 0 Å². The highest BCUT2D eigenvalue weighted by Crippen LogP contribution is 2.36. The zero-order valence-electron chi connectivity index (χ0n) is 17.0. The largest absolute Gasteiger partial charge is 0.480 e. The maximum absolute atomic E-state index is 5.52. The van der Waals surface area contributed by atoms with Gasteiger partial charge in [0.2, 0.25) is 5.88 Å². The summed E-state index contributed by atoms with van der Waals surface area (Å²) in [5.74, 6) is 1.45. The van der Waals surface area contributed by atoms with Crippen LogP contribution >= 0.6 is 15.9 Å². The minimum absolute atomic E-state index is 0.500. The number of ether oxygens (including phenoxy) is 2. The van der Waals surface area contributed by atoms with Crippen molar-refractivity contribution in [1.82, 2.24) is 19.9 Å². The van der Waals surface area contributed by atoms with E-state index in [0.717, 1.165) is 64.4 Å². The molecule has 1 aliphatic rings. The minimum atomic E-state index is 0.500. The van der Waals surface area contributed by atoms with Crippen LogP contribution in [0.4, 0.5) is 5.82 Å². The fourth-order valence-electron chi connectivity index (χ4n) is 3.74. The van der Waals surface area contributed by atoms with Crippen molar-refractivity contribution in [2.24, 2.45) is 0 Å². The van der Waals surface area contributed by atoms with Crippen LogP contribution in [0.25, 0.3) is 33.4 Å². The lowest BCUT2D eigenvalue weighted by Gasteiger charge is -2.27. The Morgan fingerprint density at radius 3 is 2.61 bits per heavy atom. The van der Waals surface area contributed by atoms with E-state index >= 15 is 0 Å². The molecule has 3 aromatic heterocycles. The van der Waals surface area contributed by atoms with Gasteiger partial charge in [0.25, 0.3) is 0 Å². The Morgan fingerprint density at radius 1 is 1.00 bits per heavy atom. The zero-order valence-corrected chi connectivity index (χ0v) is 18.5. The number of anilines is 1. The number of nitrogens with zero attached hydrogens (tertiary/aromatic N) is 5. The lowest BCUT2D eigenvalue weighted by atomic mass is 10.0. The van der Waals surface area contributed by atoms with Gasteiger partial charge in [-0.1, -0.05) is 28.1 Å². The first kappa shape index (κ1) is 19.8. The number of aromatic nitrogens is 4. The van der Waals surface area contributed by atoms with Gasteiger partial charge in [0.1, 0.15) is 12.1 Å². The molecule has 5 rings (SSSR count). The molecule has 156 valence electrons. The van der Waals surface area contributed by atoms with E-state index in [9.17, 15) is 0 Å². The predicted molar refractivity (Wildman–Crippen MR) is 123 cm³/mol. The third-order valence-corrected chi connectivity index (χ3v) is 5.77. The van der Waals surface area contributed by atoms with Gasteiger partial charge in [0, 0.05) is 34.9 Å². The normalized spacial score (nSPS) is 14.1. The van der Waals surface area contributed by atoms with Crippen molar-refractivity contribution in [3.05, 3.63) is 59.5 Å². The first-order valence-corrected chi connectivity index (χ1v) is 10.8. The molecule has 0 atom stereocenters. The Balaban J connectivity index is 1.63. The Morgan fingerprint density at radius 2 is 1.87 bits per heavy atom. The average molecular weight is 478 g/mol. The number of morpholine rings is 1. The fourth-order valence-corrected chi connectivity index (χ4v) is 4.14. The molecule has 4 heterocycles. The maximum atomic E-state index is 5.52. The molecule has 1 saturated heterocycles. The van der Waals surface area contributed by atoms with E-state index in [1.165, 1.54) is 6.33 Å². The summed E-state index contributed by atoms with van der Waals surface area (Å²) in [6, 6.07) is 14.2. The van der Waals surface area contributed by atoms with Crippen molar-refractivity contribution in [1.29, 1.82) is 0 Å². The van der Waals surface area contributed by atoms with E-state index in [0.29, 0.717) is 11.5 Å². The quantitative estimate of drug-likeness (QED) is 0.432. The molecule has 0 N–H and O–H groups in total. The third-order valence-electron chi connectivity index (χ3n) is 5.28. The molecule has 0 radical (unpaired) electrons. The maximum Gasteiger partial charge on any atom is 0.226 e. The molecule has 1 aromatic carbocycles. The predicted octanol–water partition coefficient (Wildman–Crippen LogP) is 4.36. The van der Waals surface area contributed by atoms with E-state index < -0.39 is 0 Å². The number of benzene rings is 1. The molecule has 0 amide bonds. The molecule has 0 spiro atoms. The van der Waals surface area contributed by atoms with Crippen LogP contribution in [-0.2, 0) is 4.74 Å². The average Bonchev–Trinajstić information content (AvgIpc) is 2.83. The highest BCUT2D eigenvalue weighted by Gasteiger charge is 2.17. The van der Waals surface area contributed by atoms with Gasteiger partial charge in [-0.15, -0.1) is 0 Å². The van der Waals surface area contributed by atoms with Gasteiger partial charge >= 0.3 is 0 Å². The standard InChI is InChI=1S/C23H20BrN5O2/c1-30-23-21-18(15-3-2-4-17(24)11-15)12-19(28-22(21)26-14-27-23)16-5-6-20(25-13-16)29-7-9-31-10-8-29/h2-6,11-14H,7-10H2,1H3. The van der Waals surface area contributed by atoms with Crippen LogP contribution in [0.3, 0.4) is 0 Å². The first-order valence-electron chi connectivity index (χ1n) is 9.98. The molecule has 7 nitrogen and oxygen atoms in total. The molecule has 1 fully saturated rings. The Labute approximate surface area is 188 Å². The second-order valence-electron chi connectivity index (χ2n) is 7.15. The summed E-state index contributed by atoms with van der Waals surface area (Å²) in [5.41, 5.74) is 4.28. The highest BCUT2D eigenvalue weighted by molar-refractivity contribution is 9.10. The van der Waals surface area contributed by atoms with Crippen molar-refractivity contribution in [3.8, 4) is 28.3 Å². The molecule has 4 aromatic rings. The molecule has 0 bridgehead atoms. The zero-order chi connectivity index (χ0) is 21.2. The summed E-state index contributed by atoms with van der Waals surface area (Å²) in [7, 11) is 1.61. The van der Waals surface area contributed by atoms with Gasteiger partial charge in [-0.3, -0.25) is 0 Å². The van der Waals surface area contributed by atoms with Crippen LogP contribution in [0, 0.1) is 0 Å². The van der Waals surface area contributed by atoms with Crippen molar-refractivity contribution in [3.63, 3.8) is 0 Å². The Hall–Kier alpha value is -3.10. The summed E-state index contributed by atoms with van der Waals surface area (Å²) >= 11 is 3.57. The van der Waals surface area contributed by atoms with Crippen LogP contribution in [0.15, 0.2) is 59.5 Å². The Kier molecular flexibility index (Phi) is 5.48. The van der Waals surface area contributed by atoms with Gasteiger partial charge in [-0.05, 0) is 35.9 Å². The van der Waals surface area contributed by atoms with E-state index in [1.54, 1.807) is 7.11 Å². The number of hydrogen-bond donors (Lipinski definition) is 0. The highest BCUT2D eigenvalue weighted by atomic mass is 79.9. The van der Waals surface area contributed by atoms with E-state index in [2.05, 4.69) is 54.0 Å². The SMILES string of the molecule is COc1ncnc2nc(-c3ccc(N4CCOCC4)nc3)cc(-c3cccc(Br)c3)c12. The van der Waals surface area contributed by atoms with E-state index in [-0.39, 0.29) is 0 Å². The molecular weight excluding hydrogens is 458 g/mol. The number of rotatable bonds is 4. The van der Waals surface area contributed by atoms with E-state index in [4.69, 9.17) is 14.5 Å². The van der Waals surface area contributed by atoms with Gasteiger partial charge in [-0.25, -0.2) is 19.9 Å². The van der Waals surface area contributed by atoms with Crippen LogP contribution in [0.5, 0.6) is 5.88 Å². The first-order chi connectivity index (χ1) is 15.2. The van der Waals surface area contributed by atoms with Crippen molar-refractivity contribution >= 4 is 32.8 Å². The summed E-state index contributed by atoms with van der Waals surface area (Å²) < 4.78 is 11.9. The van der Waals surface area contributed by atoms with Crippen molar-refractivity contribution in [2.45, 2.75) is 0 Å². The van der Waals surface area contributed by atoms with Crippen molar-refractivity contribution in [2.75, 3.05) is 38.3 Å². The van der Waals surface area contributed by atoms with Gasteiger partial charge in [0.15, 0.2) is 5.65 Å². The number of pyridine rings is 2. The number of hydrogen-bond acceptors (Lipinski definition) is 7. The fraction of sp³-hybridized carbons (Fsp3) is 0.217. The second-order valence-corrected chi connectivity index (χ2v) is 8.07. The van der Waals surface area contributed by atoms with Gasteiger partial charge in [0.05, 0.1) is 31.4 Å². The smallest absolute Gasteiger partial charge is 0.226 e. The topological polar surface area (TPSA) is 73.3 Å². The summed E-state index contributed by atoms with van der Waals surface area (Å²) in [5, 5.41) is 0.782. The minimum Gasteiger partial charge on any atom is -0.480 e. The number of fused-ring (bicyclic) bond motifs is 1. The number of halogens is 1.